The molecule has 0 aromatic heterocycles. The third-order valence-electron chi connectivity index (χ3n) is 3.96. The molecule has 0 saturated carbocycles. The maximum absolute atomic E-state index is 12.4. The lowest BCUT2D eigenvalue weighted by Gasteiger charge is -2.22. The Morgan fingerprint density at radius 3 is 2.35 bits per heavy atom. The minimum Gasteiger partial charge on any atom is -0.497 e. The van der Waals surface area contributed by atoms with Gasteiger partial charge in [-0.3, -0.25) is 4.79 Å². The molecule has 1 fully saturated rings. The molecule has 1 aliphatic heterocycles. The van der Waals surface area contributed by atoms with E-state index < -0.39 is 6.10 Å². The van der Waals surface area contributed by atoms with Crippen LogP contribution in [0.3, 0.4) is 0 Å². The van der Waals surface area contributed by atoms with Gasteiger partial charge >= 0.3 is 0 Å². The molecule has 1 heterocycles. The SMILES string of the molecule is COc1ccc(C(N)=NOC(C)C(=O)N2CCCCCC2)cc1. The highest BCUT2D eigenvalue weighted by atomic mass is 16.6. The van der Waals surface area contributed by atoms with Crippen LogP contribution >= 0.6 is 0 Å². The number of amides is 1. The third-order valence-corrected chi connectivity index (χ3v) is 3.96. The molecule has 0 bridgehead atoms. The Morgan fingerprint density at radius 2 is 1.78 bits per heavy atom. The lowest BCUT2D eigenvalue weighted by atomic mass is 10.2. The molecule has 2 N–H and O–H groups in total. The summed E-state index contributed by atoms with van der Waals surface area (Å²) in [5, 5.41) is 3.90. The summed E-state index contributed by atoms with van der Waals surface area (Å²) in [5.41, 5.74) is 6.62. The fourth-order valence-electron chi connectivity index (χ4n) is 2.54. The molecule has 1 aromatic carbocycles. The van der Waals surface area contributed by atoms with Crippen molar-refractivity contribution in [2.75, 3.05) is 20.2 Å². The van der Waals surface area contributed by atoms with Crippen molar-refractivity contribution >= 4 is 11.7 Å². The number of amidine groups is 1. The monoisotopic (exact) mass is 319 g/mol. The van der Waals surface area contributed by atoms with Gasteiger partial charge in [0.2, 0.25) is 6.10 Å². The average molecular weight is 319 g/mol. The van der Waals surface area contributed by atoms with Crippen LogP contribution < -0.4 is 10.5 Å². The summed E-state index contributed by atoms with van der Waals surface area (Å²) in [5.74, 6) is 0.952. The topological polar surface area (TPSA) is 77.1 Å². The largest absolute Gasteiger partial charge is 0.497 e. The van der Waals surface area contributed by atoms with Crippen LogP contribution in [0.1, 0.15) is 38.2 Å². The molecule has 1 saturated heterocycles. The average Bonchev–Trinajstić information content (AvgIpc) is 2.88. The summed E-state index contributed by atoms with van der Waals surface area (Å²) in [4.78, 5) is 19.5. The first-order chi connectivity index (χ1) is 11.1. The number of likely N-dealkylation sites (tertiary alicyclic amines) is 1. The highest BCUT2D eigenvalue weighted by Gasteiger charge is 2.22. The molecule has 126 valence electrons. The van der Waals surface area contributed by atoms with Crippen LogP contribution in [0, 0.1) is 0 Å². The van der Waals surface area contributed by atoms with Crippen LogP contribution in [-0.2, 0) is 9.63 Å². The van der Waals surface area contributed by atoms with E-state index in [0.29, 0.717) is 0 Å². The highest BCUT2D eigenvalue weighted by molar-refractivity contribution is 5.97. The predicted octanol–water partition coefficient (Wildman–Crippen LogP) is 2.12. The quantitative estimate of drug-likeness (QED) is 0.512. The number of hydrogen-bond acceptors (Lipinski definition) is 4. The lowest BCUT2D eigenvalue weighted by Crippen LogP contribution is -2.39. The summed E-state index contributed by atoms with van der Waals surface area (Å²) < 4.78 is 5.09. The van der Waals surface area contributed by atoms with E-state index in [1.54, 1.807) is 38.3 Å². The van der Waals surface area contributed by atoms with E-state index >= 15 is 0 Å². The van der Waals surface area contributed by atoms with Crippen molar-refractivity contribution in [2.24, 2.45) is 10.9 Å². The number of oxime groups is 1. The van der Waals surface area contributed by atoms with Crippen molar-refractivity contribution in [1.29, 1.82) is 0 Å². The second-order valence-corrected chi connectivity index (χ2v) is 5.69. The van der Waals surface area contributed by atoms with Crippen molar-refractivity contribution in [3.63, 3.8) is 0 Å². The van der Waals surface area contributed by atoms with Gasteiger partial charge in [-0.25, -0.2) is 0 Å². The standard InChI is InChI=1S/C17H25N3O3/c1-13(17(21)20-11-5-3-4-6-12-20)23-19-16(18)14-7-9-15(22-2)10-8-14/h7-10,13H,3-6,11-12H2,1-2H3,(H2,18,19). The van der Waals surface area contributed by atoms with Crippen molar-refractivity contribution in [3.05, 3.63) is 29.8 Å². The minimum absolute atomic E-state index is 0.0295. The van der Waals surface area contributed by atoms with Crippen LogP contribution in [0.5, 0.6) is 5.75 Å². The molecule has 0 radical (unpaired) electrons. The Balaban J connectivity index is 1.92. The smallest absolute Gasteiger partial charge is 0.266 e. The van der Waals surface area contributed by atoms with Crippen LogP contribution in [0.2, 0.25) is 0 Å². The van der Waals surface area contributed by atoms with Gasteiger partial charge in [0.1, 0.15) is 5.75 Å². The fraction of sp³-hybridized carbons (Fsp3) is 0.529. The zero-order valence-electron chi connectivity index (χ0n) is 13.8. The predicted molar refractivity (Wildman–Crippen MR) is 89.3 cm³/mol. The van der Waals surface area contributed by atoms with Crippen molar-refractivity contribution in [1.82, 2.24) is 4.90 Å². The van der Waals surface area contributed by atoms with Gasteiger partial charge in [-0.15, -0.1) is 0 Å². The van der Waals surface area contributed by atoms with E-state index in [0.717, 1.165) is 37.2 Å². The van der Waals surface area contributed by atoms with Gasteiger partial charge in [-0.05, 0) is 44.0 Å². The number of benzene rings is 1. The van der Waals surface area contributed by atoms with Crippen LogP contribution in [0.15, 0.2) is 29.4 Å². The Morgan fingerprint density at radius 1 is 1.17 bits per heavy atom. The zero-order valence-corrected chi connectivity index (χ0v) is 13.8. The second kappa shape index (κ2) is 8.41. The summed E-state index contributed by atoms with van der Waals surface area (Å²) in [6.45, 7) is 3.30. The van der Waals surface area contributed by atoms with E-state index in [1.165, 1.54) is 12.8 Å². The van der Waals surface area contributed by atoms with Gasteiger partial charge < -0.3 is 20.2 Å². The molecule has 0 aliphatic carbocycles. The molecule has 1 atom stereocenters. The van der Waals surface area contributed by atoms with Crippen molar-refractivity contribution in [3.8, 4) is 5.75 Å². The molecule has 1 unspecified atom stereocenters. The van der Waals surface area contributed by atoms with E-state index in [9.17, 15) is 4.79 Å². The molecule has 1 aromatic rings. The highest BCUT2D eigenvalue weighted by Crippen LogP contribution is 2.13. The minimum atomic E-state index is -0.634. The van der Waals surface area contributed by atoms with Gasteiger partial charge in [-0.2, -0.15) is 0 Å². The zero-order chi connectivity index (χ0) is 16.7. The molecular weight excluding hydrogens is 294 g/mol. The first-order valence-electron chi connectivity index (χ1n) is 8.04. The number of carbonyl (C=O) groups excluding carboxylic acids is 1. The molecule has 6 heteroatoms. The molecule has 6 nitrogen and oxygen atoms in total. The number of rotatable bonds is 5. The fourth-order valence-corrected chi connectivity index (χ4v) is 2.54. The number of hydrogen-bond donors (Lipinski definition) is 1. The number of nitrogens with two attached hydrogens (primary N) is 1. The molecule has 1 amide bonds. The Bertz CT molecular complexity index is 535. The summed E-state index contributed by atoms with van der Waals surface area (Å²) in [7, 11) is 1.60. The van der Waals surface area contributed by atoms with E-state index in [1.807, 2.05) is 4.90 Å². The number of ether oxygens (including phenoxy) is 1. The first-order valence-corrected chi connectivity index (χ1v) is 8.04. The Kier molecular flexibility index (Phi) is 6.26. The van der Waals surface area contributed by atoms with Crippen LogP contribution in [0.4, 0.5) is 0 Å². The molecule has 0 spiro atoms. The Hall–Kier alpha value is -2.24. The van der Waals surface area contributed by atoms with Crippen molar-refractivity contribution < 1.29 is 14.4 Å². The van der Waals surface area contributed by atoms with Crippen LogP contribution in [0.25, 0.3) is 0 Å². The molecule has 23 heavy (non-hydrogen) atoms. The van der Waals surface area contributed by atoms with E-state index in [4.69, 9.17) is 15.3 Å². The van der Waals surface area contributed by atoms with Crippen molar-refractivity contribution in [2.45, 2.75) is 38.7 Å². The first kappa shape index (κ1) is 17.1. The number of carbonyl (C=O) groups is 1. The van der Waals surface area contributed by atoms with Gasteiger partial charge in [0.25, 0.3) is 5.91 Å². The van der Waals surface area contributed by atoms with Crippen LogP contribution in [-0.4, -0.2) is 42.9 Å². The lowest BCUT2D eigenvalue weighted by molar-refractivity contribution is -0.142. The number of nitrogens with zero attached hydrogens (tertiary/aromatic N) is 2. The summed E-state index contributed by atoms with van der Waals surface area (Å²) in [6, 6.07) is 7.18. The normalized spacial score (nSPS) is 17.3. The number of methoxy groups -OCH3 is 1. The molecule has 1 aliphatic rings. The van der Waals surface area contributed by atoms with Gasteiger partial charge in [0, 0.05) is 18.7 Å². The Labute approximate surface area is 137 Å². The van der Waals surface area contributed by atoms with E-state index in [2.05, 4.69) is 5.16 Å². The van der Waals surface area contributed by atoms with E-state index in [-0.39, 0.29) is 11.7 Å². The summed E-state index contributed by atoms with van der Waals surface area (Å²) in [6.07, 6.45) is 3.83. The molecule has 2 rings (SSSR count). The maximum Gasteiger partial charge on any atom is 0.266 e. The summed E-state index contributed by atoms with van der Waals surface area (Å²) >= 11 is 0. The van der Waals surface area contributed by atoms with Gasteiger partial charge in [0.15, 0.2) is 5.84 Å². The van der Waals surface area contributed by atoms with Gasteiger partial charge in [-0.1, -0.05) is 18.0 Å². The third kappa shape index (κ3) is 4.87. The maximum atomic E-state index is 12.4. The second-order valence-electron chi connectivity index (χ2n) is 5.69. The molecular formula is C17H25N3O3. The van der Waals surface area contributed by atoms with Gasteiger partial charge in [0.05, 0.1) is 7.11 Å².